The molecule has 0 amide bonds. The molecule has 0 saturated heterocycles. The summed E-state index contributed by atoms with van der Waals surface area (Å²) >= 11 is 0. The predicted molar refractivity (Wildman–Crippen MR) is 114 cm³/mol. The summed E-state index contributed by atoms with van der Waals surface area (Å²) < 4.78 is 1.68. The van der Waals surface area contributed by atoms with Crippen LogP contribution in [-0.2, 0) is 13.0 Å². The quantitative estimate of drug-likeness (QED) is 0.331. The fraction of sp³-hybridized carbons (Fsp3) is 0.783. The summed E-state index contributed by atoms with van der Waals surface area (Å²) in [7, 11) is 0. The van der Waals surface area contributed by atoms with Crippen LogP contribution in [0.4, 0.5) is 0 Å². The molecule has 1 rings (SSSR count). The highest BCUT2D eigenvalue weighted by Gasteiger charge is 2.12. The van der Waals surface area contributed by atoms with Crippen molar-refractivity contribution < 1.29 is 10.2 Å². The molecule has 0 aliphatic carbocycles. The molecule has 0 aliphatic heterocycles. The molecule has 0 spiro atoms. The normalized spacial score (nSPS) is 11.2. The van der Waals surface area contributed by atoms with Gasteiger partial charge in [0.25, 0.3) is 0 Å². The van der Waals surface area contributed by atoms with Crippen molar-refractivity contribution in [2.45, 2.75) is 117 Å². The zero-order valence-electron chi connectivity index (χ0n) is 17.6. The van der Waals surface area contributed by atoms with Crippen molar-refractivity contribution >= 4 is 0 Å². The highest BCUT2D eigenvalue weighted by molar-refractivity contribution is 5.31. The van der Waals surface area contributed by atoms with Crippen LogP contribution in [0, 0.1) is 0 Å². The van der Waals surface area contributed by atoms with Crippen molar-refractivity contribution in [3.63, 3.8) is 0 Å². The van der Waals surface area contributed by atoms with E-state index in [1.54, 1.807) is 4.57 Å². The van der Waals surface area contributed by atoms with Crippen LogP contribution in [0.15, 0.2) is 10.9 Å². The molecule has 0 fully saturated rings. The van der Waals surface area contributed by atoms with Crippen molar-refractivity contribution in [3.8, 4) is 11.6 Å². The van der Waals surface area contributed by atoms with Gasteiger partial charge in [-0.3, -0.25) is 4.79 Å². The maximum Gasteiger partial charge on any atom is 0.227 e. The Morgan fingerprint density at radius 2 is 1.19 bits per heavy atom. The van der Waals surface area contributed by atoms with Gasteiger partial charge in [0.05, 0.1) is 5.69 Å². The molecule has 0 aliphatic rings. The van der Waals surface area contributed by atoms with Gasteiger partial charge in [0.1, 0.15) is 0 Å². The third-order valence-corrected chi connectivity index (χ3v) is 5.44. The predicted octanol–water partition coefficient (Wildman–Crippen LogP) is 6.30. The first-order valence-electron chi connectivity index (χ1n) is 11.3. The molecule has 0 atom stereocenters. The number of hydrogen-bond acceptors (Lipinski definition) is 3. The van der Waals surface area contributed by atoms with Crippen LogP contribution in [0.2, 0.25) is 0 Å². The van der Waals surface area contributed by atoms with Gasteiger partial charge in [-0.05, 0) is 12.8 Å². The Balaban J connectivity index is 2.05. The Kier molecular flexibility index (Phi) is 12.7. The van der Waals surface area contributed by atoms with Crippen LogP contribution in [0.1, 0.15) is 109 Å². The fourth-order valence-corrected chi connectivity index (χ4v) is 3.74. The number of rotatable bonds is 16. The lowest BCUT2D eigenvalue weighted by Gasteiger charge is -2.15. The monoisotopic (exact) mass is 379 g/mol. The molecule has 27 heavy (non-hydrogen) atoms. The average Bonchev–Trinajstić information content (AvgIpc) is 2.66. The van der Waals surface area contributed by atoms with Gasteiger partial charge in [-0.2, -0.15) is 0 Å². The Morgan fingerprint density at radius 1 is 0.741 bits per heavy atom. The van der Waals surface area contributed by atoms with Crippen LogP contribution < -0.4 is 5.43 Å². The Bertz CT molecular complexity index is 565. The van der Waals surface area contributed by atoms with Crippen molar-refractivity contribution in [2.75, 3.05) is 0 Å². The molecule has 2 N–H and O–H groups in total. The molecular formula is C23H41NO3. The lowest BCUT2D eigenvalue weighted by atomic mass is 10.0. The standard InChI is InChI=1S/C23H41NO3/c1-3-5-6-7-8-9-10-11-12-13-14-15-16-17-18-24-20(4-2)23(27)21(25)19-22(24)26/h19,26-27H,3-18H2,1-2H3. The van der Waals surface area contributed by atoms with Gasteiger partial charge in [-0.1, -0.05) is 97.3 Å². The van der Waals surface area contributed by atoms with Crippen LogP contribution >= 0.6 is 0 Å². The van der Waals surface area contributed by atoms with Gasteiger partial charge in [-0.25, -0.2) is 0 Å². The number of nitrogens with zero attached hydrogens (tertiary/aromatic N) is 1. The first-order chi connectivity index (χ1) is 13.1. The van der Waals surface area contributed by atoms with E-state index in [1.807, 2.05) is 6.92 Å². The number of hydrogen-bond donors (Lipinski definition) is 2. The third kappa shape index (κ3) is 9.34. The Morgan fingerprint density at radius 3 is 1.63 bits per heavy atom. The zero-order valence-corrected chi connectivity index (χ0v) is 17.6. The third-order valence-electron chi connectivity index (χ3n) is 5.44. The molecule has 0 bridgehead atoms. The fourth-order valence-electron chi connectivity index (χ4n) is 3.74. The molecule has 1 heterocycles. The molecule has 0 aromatic carbocycles. The summed E-state index contributed by atoms with van der Waals surface area (Å²) in [6, 6.07) is 1.11. The zero-order chi connectivity index (χ0) is 19.9. The van der Waals surface area contributed by atoms with E-state index in [-0.39, 0.29) is 11.6 Å². The van der Waals surface area contributed by atoms with Gasteiger partial charge in [0.2, 0.25) is 5.43 Å². The molecule has 156 valence electrons. The molecule has 1 aromatic rings. The molecular weight excluding hydrogens is 338 g/mol. The minimum absolute atomic E-state index is 0.0376. The average molecular weight is 380 g/mol. The molecule has 0 saturated carbocycles. The van der Waals surface area contributed by atoms with E-state index >= 15 is 0 Å². The van der Waals surface area contributed by atoms with Crippen LogP contribution in [0.5, 0.6) is 11.6 Å². The van der Waals surface area contributed by atoms with Crippen LogP contribution in [-0.4, -0.2) is 14.8 Å². The van der Waals surface area contributed by atoms with Gasteiger partial charge in [-0.15, -0.1) is 0 Å². The summed E-state index contributed by atoms with van der Waals surface area (Å²) in [6.45, 7) is 4.80. The SMILES string of the molecule is CCCCCCCCCCCCCCCCn1c(O)cc(=O)c(O)c1CC. The Hall–Kier alpha value is -1.45. The van der Waals surface area contributed by atoms with Gasteiger partial charge < -0.3 is 14.8 Å². The first-order valence-corrected chi connectivity index (χ1v) is 11.3. The van der Waals surface area contributed by atoms with E-state index in [2.05, 4.69) is 6.92 Å². The summed E-state index contributed by atoms with van der Waals surface area (Å²) in [5, 5.41) is 19.9. The number of unbranched alkanes of at least 4 members (excludes halogenated alkanes) is 13. The summed E-state index contributed by atoms with van der Waals surface area (Å²) in [4.78, 5) is 11.5. The van der Waals surface area contributed by atoms with E-state index < -0.39 is 5.43 Å². The van der Waals surface area contributed by atoms with Crippen molar-refractivity contribution in [1.82, 2.24) is 4.57 Å². The van der Waals surface area contributed by atoms with E-state index in [9.17, 15) is 15.0 Å². The lowest BCUT2D eigenvalue weighted by molar-refractivity contribution is 0.380. The minimum atomic E-state index is -0.499. The Labute approximate surface area is 165 Å². The molecule has 0 unspecified atom stereocenters. The molecule has 1 aromatic heterocycles. The molecule has 0 radical (unpaired) electrons. The first kappa shape index (κ1) is 23.6. The number of aromatic nitrogens is 1. The topological polar surface area (TPSA) is 62.5 Å². The maximum atomic E-state index is 11.5. The molecule has 4 heteroatoms. The van der Waals surface area contributed by atoms with Crippen molar-refractivity contribution in [1.29, 1.82) is 0 Å². The second-order valence-electron chi connectivity index (χ2n) is 7.76. The smallest absolute Gasteiger partial charge is 0.227 e. The van der Waals surface area contributed by atoms with Gasteiger partial charge in [0.15, 0.2) is 11.6 Å². The second-order valence-corrected chi connectivity index (χ2v) is 7.76. The van der Waals surface area contributed by atoms with Crippen molar-refractivity contribution in [2.24, 2.45) is 0 Å². The highest BCUT2D eigenvalue weighted by Crippen LogP contribution is 2.20. The van der Waals surface area contributed by atoms with Crippen molar-refractivity contribution in [3.05, 3.63) is 22.0 Å². The van der Waals surface area contributed by atoms with E-state index in [0.717, 1.165) is 18.9 Å². The molecule has 4 nitrogen and oxygen atoms in total. The van der Waals surface area contributed by atoms with Crippen LogP contribution in [0.25, 0.3) is 0 Å². The summed E-state index contributed by atoms with van der Waals surface area (Å²) in [6.07, 6.45) is 18.9. The van der Waals surface area contributed by atoms with E-state index in [1.165, 1.54) is 77.0 Å². The van der Waals surface area contributed by atoms with Crippen LogP contribution in [0.3, 0.4) is 0 Å². The minimum Gasteiger partial charge on any atom is -0.503 e. The summed E-state index contributed by atoms with van der Waals surface area (Å²) in [5.74, 6) is -0.259. The number of pyridine rings is 1. The van der Waals surface area contributed by atoms with E-state index in [0.29, 0.717) is 18.7 Å². The second kappa shape index (κ2) is 14.6. The largest absolute Gasteiger partial charge is 0.503 e. The van der Waals surface area contributed by atoms with Gasteiger partial charge in [0, 0.05) is 12.6 Å². The summed E-state index contributed by atoms with van der Waals surface area (Å²) in [5.41, 5.74) is 0.0382. The number of aromatic hydroxyl groups is 2. The van der Waals surface area contributed by atoms with Gasteiger partial charge >= 0.3 is 0 Å². The highest BCUT2D eigenvalue weighted by atomic mass is 16.3. The lowest BCUT2D eigenvalue weighted by Crippen LogP contribution is -2.13. The van der Waals surface area contributed by atoms with E-state index in [4.69, 9.17) is 0 Å². The maximum absolute atomic E-state index is 11.5.